The molecule has 2 aromatic rings. The second kappa shape index (κ2) is 9.04. The van der Waals surface area contributed by atoms with E-state index in [0.29, 0.717) is 22.9 Å². The topological polar surface area (TPSA) is 106 Å². The van der Waals surface area contributed by atoms with Crippen molar-refractivity contribution in [2.24, 2.45) is 0 Å². The molecule has 0 spiro atoms. The van der Waals surface area contributed by atoms with Gasteiger partial charge in [0.1, 0.15) is 0 Å². The number of carbonyl (C=O) groups excluding carboxylic acids is 4. The number of para-hydroxylation sites is 1. The van der Waals surface area contributed by atoms with Crippen LogP contribution in [0.4, 0.5) is 4.79 Å². The Bertz CT molecular complexity index is 975. The van der Waals surface area contributed by atoms with Gasteiger partial charge in [-0.3, -0.25) is 24.3 Å². The number of nitrogens with zero attached hydrogens (tertiary/aromatic N) is 2. The van der Waals surface area contributed by atoms with Gasteiger partial charge in [-0.1, -0.05) is 36.9 Å². The van der Waals surface area contributed by atoms with E-state index in [-0.39, 0.29) is 30.0 Å². The van der Waals surface area contributed by atoms with Gasteiger partial charge < -0.3 is 10.1 Å². The zero-order chi connectivity index (χ0) is 21.0. The zero-order valence-electron chi connectivity index (χ0n) is 16.2. The number of ether oxygens (including phenoxy) is 1. The molecule has 1 N–H and O–H groups in total. The number of pyridine rings is 1. The fourth-order valence-corrected chi connectivity index (χ4v) is 3.88. The summed E-state index contributed by atoms with van der Waals surface area (Å²) in [5.74, 6) is -1.24. The molecule has 0 bridgehead atoms. The molecule has 2 heterocycles. The first kappa shape index (κ1) is 20.8. The molecule has 1 aromatic carbocycles. The first-order valence-electron chi connectivity index (χ1n) is 9.21. The van der Waals surface area contributed by atoms with Gasteiger partial charge in [-0.15, -0.1) is 0 Å². The zero-order valence-corrected chi connectivity index (χ0v) is 17.0. The van der Waals surface area contributed by atoms with Crippen molar-refractivity contribution in [1.82, 2.24) is 15.2 Å². The van der Waals surface area contributed by atoms with E-state index in [1.54, 1.807) is 6.07 Å². The van der Waals surface area contributed by atoms with Crippen LogP contribution in [0.15, 0.2) is 24.3 Å². The van der Waals surface area contributed by atoms with Crippen molar-refractivity contribution >= 4 is 45.7 Å². The molecule has 152 valence electrons. The van der Waals surface area contributed by atoms with Gasteiger partial charge in [-0.2, -0.15) is 0 Å². The van der Waals surface area contributed by atoms with Gasteiger partial charge in [0, 0.05) is 24.2 Å². The predicted octanol–water partition coefficient (Wildman–Crippen LogP) is 2.07. The summed E-state index contributed by atoms with van der Waals surface area (Å²) in [4.78, 5) is 53.4. The van der Waals surface area contributed by atoms with Crippen molar-refractivity contribution in [2.45, 2.75) is 20.3 Å². The Morgan fingerprint density at radius 1 is 1.28 bits per heavy atom. The van der Waals surface area contributed by atoms with Gasteiger partial charge in [-0.25, -0.2) is 4.79 Å². The number of fused-ring (bicyclic) bond motifs is 1. The highest BCUT2D eigenvalue weighted by atomic mass is 32.2. The molecule has 1 saturated heterocycles. The summed E-state index contributed by atoms with van der Waals surface area (Å²) in [6.45, 7) is 3.52. The lowest BCUT2D eigenvalue weighted by Gasteiger charge is -2.14. The van der Waals surface area contributed by atoms with E-state index in [9.17, 15) is 19.2 Å². The van der Waals surface area contributed by atoms with E-state index in [2.05, 4.69) is 10.3 Å². The molecule has 8 nitrogen and oxygen atoms in total. The highest BCUT2D eigenvalue weighted by molar-refractivity contribution is 8.14. The molecule has 0 saturated carbocycles. The van der Waals surface area contributed by atoms with E-state index in [1.165, 1.54) is 0 Å². The van der Waals surface area contributed by atoms with Crippen molar-refractivity contribution in [1.29, 1.82) is 0 Å². The predicted molar refractivity (Wildman–Crippen MR) is 109 cm³/mol. The minimum absolute atomic E-state index is 0.0955. The van der Waals surface area contributed by atoms with Crippen molar-refractivity contribution in [3.05, 3.63) is 41.1 Å². The minimum atomic E-state index is -0.591. The van der Waals surface area contributed by atoms with Crippen LogP contribution in [-0.4, -0.2) is 58.4 Å². The Hall–Kier alpha value is -2.94. The van der Waals surface area contributed by atoms with Crippen LogP contribution in [0.25, 0.3) is 10.9 Å². The Labute approximate surface area is 172 Å². The molecular weight excluding hydrogens is 394 g/mol. The maximum Gasteiger partial charge on any atom is 0.339 e. The van der Waals surface area contributed by atoms with E-state index in [1.807, 2.05) is 32.0 Å². The van der Waals surface area contributed by atoms with Gasteiger partial charge in [0.15, 0.2) is 6.61 Å². The number of hydrogen-bond donors (Lipinski definition) is 1. The largest absolute Gasteiger partial charge is 0.452 e. The second-order valence-corrected chi connectivity index (χ2v) is 7.38. The SMILES string of the molecule is CCc1nc2ccccc2c(C(=O)OCC(=O)NCCN2C(=O)CSC2=O)c1C. The van der Waals surface area contributed by atoms with Crippen LogP contribution < -0.4 is 5.32 Å². The number of benzene rings is 1. The second-order valence-electron chi connectivity index (χ2n) is 6.46. The first-order valence-corrected chi connectivity index (χ1v) is 10.2. The normalized spacial score (nSPS) is 13.8. The van der Waals surface area contributed by atoms with Crippen LogP contribution in [0, 0.1) is 6.92 Å². The Morgan fingerprint density at radius 2 is 2.03 bits per heavy atom. The average molecular weight is 415 g/mol. The number of aromatic nitrogens is 1. The van der Waals surface area contributed by atoms with E-state index in [4.69, 9.17) is 4.74 Å². The van der Waals surface area contributed by atoms with Crippen molar-refractivity contribution < 1.29 is 23.9 Å². The van der Waals surface area contributed by atoms with Gasteiger partial charge in [0.25, 0.3) is 11.1 Å². The molecule has 1 aliphatic heterocycles. The van der Waals surface area contributed by atoms with E-state index < -0.39 is 18.5 Å². The van der Waals surface area contributed by atoms with Gasteiger partial charge in [-0.05, 0) is 25.0 Å². The Balaban J connectivity index is 1.61. The monoisotopic (exact) mass is 415 g/mol. The minimum Gasteiger partial charge on any atom is -0.452 e. The molecule has 3 amide bonds. The third kappa shape index (κ3) is 4.56. The van der Waals surface area contributed by atoms with Gasteiger partial charge >= 0.3 is 5.97 Å². The smallest absolute Gasteiger partial charge is 0.339 e. The molecular formula is C20H21N3O5S. The Kier molecular flexibility index (Phi) is 6.48. The summed E-state index contributed by atoms with van der Waals surface area (Å²) >= 11 is 0.940. The molecule has 3 rings (SSSR count). The fraction of sp³-hybridized carbons (Fsp3) is 0.350. The van der Waals surface area contributed by atoms with Gasteiger partial charge in [0.05, 0.1) is 16.8 Å². The molecule has 0 atom stereocenters. The molecule has 1 aromatic heterocycles. The third-order valence-electron chi connectivity index (χ3n) is 4.61. The molecule has 0 unspecified atom stereocenters. The quantitative estimate of drug-likeness (QED) is 0.690. The Morgan fingerprint density at radius 3 is 2.72 bits per heavy atom. The summed E-state index contributed by atoms with van der Waals surface area (Å²) in [5.41, 5.74) is 2.65. The number of aryl methyl sites for hydroxylation is 1. The molecule has 1 aliphatic rings. The highest BCUT2D eigenvalue weighted by Gasteiger charge is 2.29. The van der Waals surface area contributed by atoms with Crippen LogP contribution in [0.3, 0.4) is 0 Å². The number of carbonyl (C=O) groups is 4. The fourth-order valence-electron chi connectivity index (χ4n) is 3.12. The molecule has 29 heavy (non-hydrogen) atoms. The third-order valence-corrected chi connectivity index (χ3v) is 5.47. The number of thioether (sulfide) groups is 1. The molecule has 9 heteroatoms. The summed E-state index contributed by atoms with van der Waals surface area (Å²) in [7, 11) is 0. The number of esters is 1. The first-order chi connectivity index (χ1) is 13.9. The van der Waals surface area contributed by atoms with Crippen molar-refractivity contribution in [2.75, 3.05) is 25.4 Å². The standard InChI is InChI=1S/C20H21N3O5S/c1-3-14-12(2)18(13-6-4-5-7-15(13)22-14)19(26)28-10-16(24)21-8-9-23-17(25)11-29-20(23)27/h4-7H,3,8-11H2,1-2H3,(H,21,24). The van der Waals surface area contributed by atoms with Crippen LogP contribution >= 0.6 is 11.8 Å². The molecule has 1 fully saturated rings. The maximum atomic E-state index is 12.7. The van der Waals surface area contributed by atoms with Gasteiger partial charge in [0.2, 0.25) is 5.91 Å². The van der Waals surface area contributed by atoms with Crippen LogP contribution in [0.2, 0.25) is 0 Å². The number of rotatable bonds is 7. The number of imide groups is 1. The lowest BCUT2D eigenvalue weighted by Crippen LogP contribution is -2.38. The van der Waals surface area contributed by atoms with E-state index in [0.717, 1.165) is 27.9 Å². The highest BCUT2D eigenvalue weighted by Crippen LogP contribution is 2.24. The maximum absolute atomic E-state index is 12.7. The lowest BCUT2D eigenvalue weighted by atomic mass is 10.0. The van der Waals surface area contributed by atoms with E-state index >= 15 is 0 Å². The average Bonchev–Trinajstić information content (AvgIpc) is 3.03. The van der Waals surface area contributed by atoms with Crippen molar-refractivity contribution in [3.63, 3.8) is 0 Å². The van der Waals surface area contributed by atoms with Crippen LogP contribution in [-0.2, 0) is 20.7 Å². The lowest BCUT2D eigenvalue weighted by molar-refractivity contribution is -0.126. The van der Waals surface area contributed by atoms with Crippen molar-refractivity contribution in [3.8, 4) is 0 Å². The number of hydrogen-bond acceptors (Lipinski definition) is 7. The van der Waals surface area contributed by atoms with Crippen LogP contribution in [0.5, 0.6) is 0 Å². The number of nitrogens with one attached hydrogen (secondary N) is 1. The summed E-state index contributed by atoms with van der Waals surface area (Å²) < 4.78 is 5.21. The summed E-state index contributed by atoms with van der Waals surface area (Å²) in [6.07, 6.45) is 0.670. The molecule has 0 aliphatic carbocycles. The number of amides is 3. The van der Waals surface area contributed by atoms with Crippen LogP contribution in [0.1, 0.15) is 28.5 Å². The summed E-state index contributed by atoms with van der Waals surface area (Å²) in [5, 5.41) is 2.91. The molecule has 0 radical (unpaired) electrons. The summed E-state index contributed by atoms with van der Waals surface area (Å²) in [6, 6.07) is 7.29.